The second kappa shape index (κ2) is 4.51. The number of hydrogen-bond donors (Lipinski definition) is 2. The second-order valence-corrected chi connectivity index (χ2v) is 2.63. The number of carbonyl (C=O) groups is 1. The Balaban J connectivity index is 2.61. The fraction of sp³-hybridized carbons (Fsp3) is 0.375. The number of nitrogens with zero attached hydrogens (tertiary/aromatic N) is 2. The molecule has 3 N–H and O–H groups in total. The molecule has 1 amide bonds. The number of nitrogens with one attached hydrogen (secondary N) is 1. The fourth-order valence-electron chi connectivity index (χ4n) is 0.775. The van der Waals surface area contributed by atoms with E-state index >= 15 is 0 Å². The Hall–Kier alpha value is -1.49. The minimum Gasteiger partial charge on any atom is -0.348 e. The number of aromatic nitrogens is 2. The molecule has 0 saturated carbocycles. The van der Waals surface area contributed by atoms with E-state index in [2.05, 4.69) is 15.3 Å². The summed E-state index contributed by atoms with van der Waals surface area (Å²) in [6, 6.07) is 0. The van der Waals surface area contributed by atoms with Gasteiger partial charge >= 0.3 is 0 Å². The standard InChI is InChI=1S/C8H12N4O/c1-6-4-11-7(12-5-6)8(13)10-3-2-9/h4-5H,2-3,9H2,1H3,(H,10,13). The Labute approximate surface area is 76.4 Å². The third-order valence-electron chi connectivity index (χ3n) is 1.41. The molecule has 1 aromatic heterocycles. The molecule has 0 fully saturated rings. The van der Waals surface area contributed by atoms with Gasteiger partial charge in [0.15, 0.2) is 0 Å². The zero-order valence-corrected chi connectivity index (χ0v) is 7.45. The van der Waals surface area contributed by atoms with Gasteiger partial charge < -0.3 is 11.1 Å². The normalized spacial score (nSPS) is 9.69. The lowest BCUT2D eigenvalue weighted by Crippen LogP contribution is -2.30. The molecular weight excluding hydrogens is 168 g/mol. The number of nitrogens with two attached hydrogens (primary N) is 1. The van der Waals surface area contributed by atoms with Crippen LogP contribution in [0.3, 0.4) is 0 Å². The first-order valence-electron chi connectivity index (χ1n) is 4.01. The van der Waals surface area contributed by atoms with Crippen molar-refractivity contribution in [2.24, 2.45) is 5.73 Å². The lowest BCUT2D eigenvalue weighted by Gasteiger charge is -2.01. The van der Waals surface area contributed by atoms with Crippen LogP contribution in [0.2, 0.25) is 0 Å². The van der Waals surface area contributed by atoms with Crippen molar-refractivity contribution < 1.29 is 4.79 Å². The van der Waals surface area contributed by atoms with E-state index in [9.17, 15) is 4.79 Å². The maximum absolute atomic E-state index is 11.2. The number of amides is 1. The Morgan fingerprint density at radius 1 is 1.54 bits per heavy atom. The number of hydrogen-bond acceptors (Lipinski definition) is 4. The van der Waals surface area contributed by atoms with Crippen molar-refractivity contribution in [1.82, 2.24) is 15.3 Å². The first-order valence-corrected chi connectivity index (χ1v) is 4.01. The molecule has 1 heterocycles. The van der Waals surface area contributed by atoms with E-state index in [0.717, 1.165) is 5.56 Å². The van der Waals surface area contributed by atoms with Crippen LogP contribution in [0.25, 0.3) is 0 Å². The van der Waals surface area contributed by atoms with Gasteiger partial charge in [0, 0.05) is 25.5 Å². The van der Waals surface area contributed by atoms with Gasteiger partial charge in [-0.2, -0.15) is 0 Å². The van der Waals surface area contributed by atoms with E-state index in [1.807, 2.05) is 6.92 Å². The average Bonchev–Trinajstić information content (AvgIpc) is 2.15. The third-order valence-corrected chi connectivity index (χ3v) is 1.41. The molecule has 0 spiro atoms. The van der Waals surface area contributed by atoms with Gasteiger partial charge in [0.05, 0.1) is 0 Å². The highest BCUT2D eigenvalue weighted by Crippen LogP contribution is 1.92. The summed E-state index contributed by atoms with van der Waals surface area (Å²) in [7, 11) is 0. The van der Waals surface area contributed by atoms with Gasteiger partial charge in [0.25, 0.3) is 5.91 Å². The van der Waals surface area contributed by atoms with Crippen LogP contribution in [0.5, 0.6) is 0 Å². The van der Waals surface area contributed by atoms with Gasteiger partial charge in [-0.1, -0.05) is 0 Å². The molecule has 5 heteroatoms. The summed E-state index contributed by atoms with van der Waals surface area (Å²) in [5.74, 6) is -0.107. The molecule has 0 bridgehead atoms. The Bertz CT molecular complexity index is 283. The minimum absolute atomic E-state index is 0.180. The molecule has 0 unspecified atom stereocenters. The van der Waals surface area contributed by atoms with E-state index in [1.54, 1.807) is 12.4 Å². The molecule has 0 aromatic carbocycles. The molecule has 0 aliphatic heterocycles. The Morgan fingerprint density at radius 2 is 2.15 bits per heavy atom. The molecule has 0 saturated heterocycles. The number of aryl methyl sites for hydroxylation is 1. The van der Waals surface area contributed by atoms with Crippen LogP contribution in [0.4, 0.5) is 0 Å². The summed E-state index contributed by atoms with van der Waals surface area (Å²) in [5, 5.41) is 2.58. The van der Waals surface area contributed by atoms with Crippen molar-refractivity contribution in [3.8, 4) is 0 Å². The van der Waals surface area contributed by atoms with E-state index in [1.165, 1.54) is 0 Å². The average molecular weight is 180 g/mol. The SMILES string of the molecule is Cc1cnc(C(=O)NCCN)nc1. The van der Waals surface area contributed by atoms with Crippen LogP contribution in [-0.2, 0) is 0 Å². The quantitative estimate of drug-likeness (QED) is 0.655. The van der Waals surface area contributed by atoms with Gasteiger partial charge in [-0.15, -0.1) is 0 Å². The molecule has 1 rings (SSSR count). The Kier molecular flexibility index (Phi) is 3.33. The summed E-state index contributed by atoms with van der Waals surface area (Å²) < 4.78 is 0. The lowest BCUT2D eigenvalue weighted by atomic mass is 10.4. The predicted octanol–water partition coefficient (Wildman–Crippen LogP) is -0.526. The van der Waals surface area contributed by atoms with Crippen molar-refractivity contribution >= 4 is 5.91 Å². The molecule has 5 nitrogen and oxygen atoms in total. The van der Waals surface area contributed by atoms with Crippen LogP contribution < -0.4 is 11.1 Å². The topological polar surface area (TPSA) is 80.9 Å². The van der Waals surface area contributed by atoms with Crippen LogP contribution in [0, 0.1) is 6.92 Å². The third kappa shape index (κ3) is 2.79. The second-order valence-electron chi connectivity index (χ2n) is 2.63. The highest BCUT2D eigenvalue weighted by atomic mass is 16.2. The summed E-state index contributed by atoms with van der Waals surface area (Å²) in [6.07, 6.45) is 3.20. The van der Waals surface area contributed by atoms with Gasteiger partial charge in [-0.3, -0.25) is 4.79 Å². The fourth-order valence-corrected chi connectivity index (χ4v) is 0.775. The zero-order chi connectivity index (χ0) is 9.68. The molecule has 13 heavy (non-hydrogen) atoms. The monoisotopic (exact) mass is 180 g/mol. The van der Waals surface area contributed by atoms with Crippen LogP contribution >= 0.6 is 0 Å². The highest BCUT2D eigenvalue weighted by Gasteiger charge is 2.06. The highest BCUT2D eigenvalue weighted by molar-refractivity contribution is 5.90. The van der Waals surface area contributed by atoms with Gasteiger partial charge in [0.1, 0.15) is 0 Å². The maximum Gasteiger partial charge on any atom is 0.289 e. The van der Waals surface area contributed by atoms with Crippen LogP contribution in [0.1, 0.15) is 16.2 Å². The Morgan fingerprint density at radius 3 is 2.69 bits per heavy atom. The first kappa shape index (κ1) is 9.60. The molecule has 70 valence electrons. The van der Waals surface area contributed by atoms with Crippen molar-refractivity contribution in [1.29, 1.82) is 0 Å². The molecule has 0 radical (unpaired) electrons. The molecule has 0 aliphatic carbocycles. The maximum atomic E-state index is 11.2. The molecule has 0 aliphatic rings. The molecular formula is C8H12N4O. The number of rotatable bonds is 3. The van der Waals surface area contributed by atoms with Crippen molar-refractivity contribution in [2.45, 2.75) is 6.92 Å². The lowest BCUT2D eigenvalue weighted by molar-refractivity contribution is 0.0944. The van der Waals surface area contributed by atoms with Crippen molar-refractivity contribution in [3.05, 3.63) is 23.8 Å². The first-order chi connectivity index (χ1) is 6.24. The minimum atomic E-state index is -0.287. The van der Waals surface area contributed by atoms with Gasteiger partial charge in [-0.05, 0) is 12.5 Å². The van der Waals surface area contributed by atoms with Crippen LogP contribution in [-0.4, -0.2) is 29.0 Å². The molecule has 1 aromatic rings. The predicted molar refractivity (Wildman–Crippen MR) is 48.2 cm³/mol. The summed E-state index contributed by atoms with van der Waals surface area (Å²) in [6.45, 7) is 2.72. The van der Waals surface area contributed by atoms with E-state index < -0.39 is 0 Å². The largest absolute Gasteiger partial charge is 0.348 e. The summed E-state index contributed by atoms with van der Waals surface area (Å²) in [5.41, 5.74) is 6.15. The van der Waals surface area contributed by atoms with Crippen molar-refractivity contribution in [3.63, 3.8) is 0 Å². The number of carbonyl (C=O) groups excluding carboxylic acids is 1. The van der Waals surface area contributed by atoms with Crippen molar-refractivity contribution in [2.75, 3.05) is 13.1 Å². The van der Waals surface area contributed by atoms with E-state index in [-0.39, 0.29) is 11.7 Å². The summed E-state index contributed by atoms with van der Waals surface area (Å²) in [4.78, 5) is 19.0. The van der Waals surface area contributed by atoms with E-state index in [0.29, 0.717) is 13.1 Å². The van der Waals surface area contributed by atoms with Crippen LogP contribution in [0.15, 0.2) is 12.4 Å². The van der Waals surface area contributed by atoms with Gasteiger partial charge in [-0.25, -0.2) is 9.97 Å². The smallest absolute Gasteiger partial charge is 0.289 e. The molecule has 0 atom stereocenters. The van der Waals surface area contributed by atoms with E-state index in [4.69, 9.17) is 5.73 Å². The zero-order valence-electron chi connectivity index (χ0n) is 7.45. The van der Waals surface area contributed by atoms with Gasteiger partial charge in [0.2, 0.25) is 5.82 Å². The summed E-state index contributed by atoms with van der Waals surface area (Å²) >= 11 is 0.